The number of hydrogen-bond donors (Lipinski definition) is 2. The third-order valence-corrected chi connectivity index (χ3v) is 3.11. The first-order chi connectivity index (χ1) is 11.5. The van der Waals surface area contributed by atoms with E-state index >= 15 is 0 Å². The summed E-state index contributed by atoms with van der Waals surface area (Å²) in [5.41, 5.74) is 0.707. The van der Waals surface area contributed by atoms with Gasteiger partial charge in [0, 0.05) is 6.08 Å². The molecule has 0 amide bonds. The number of allylic oxidation sites excluding steroid dienone is 3. The highest BCUT2D eigenvalue weighted by molar-refractivity contribution is 6.02. The summed E-state index contributed by atoms with van der Waals surface area (Å²) in [6.07, 6.45) is 6.93. The van der Waals surface area contributed by atoms with Crippen molar-refractivity contribution in [3.8, 4) is 11.5 Å². The second-order valence-electron chi connectivity index (χ2n) is 5.02. The summed E-state index contributed by atoms with van der Waals surface area (Å²) in [6, 6.07) is 8.30. The number of aliphatic hydroxyl groups excluding tert-OH is 1. The Bertz CT molecular complexity index is 809. The number of aryl methyl sites for hydroxylation is 1. The number of benzene rings is 1. The molecule has 1 aromatic heterocycles. The summed E-state index contributed by atoms with van der Waals surface area (Å²) < 4.78 is 10.3. The lowest BCUT2D eigenvalue weighted by Crippen LogP contribution is -1.88. The van der Waals surface area contributed by atoms with Crippen LogP contribution in [0.15, 0.2) is 58.7 Å². The predicted octanol–water partition coefficient (Wildman–Crippen LogP) is 4.04. The first-order valence-electron chi connectivity index (χ1n) is 7.22. The quantitative estimate of drug-likeness (QED) is 0.476. The van der Waals surface area contributed by atoms with Gasteiger partial charge >= 0.3 is 0 Å². The van der Waals surface area contributed by atoms with Gasteiger partial charge in [-0.05, 0) is 55.0 Å². The number of carbonyl (C=O) groups excluding carboxylic acids is 1. The maximum absolute atomic E-state index is 11.7. The minimum absolute atomic E-state index is 0.0305. The average Bonchev–Trinajstić information content (AvgIpc) is 2.97. The van der Waals surface area contributed by atoms with Crippen LogP contribution in [0.25, 0.3) is 12.2 Å². The highest BCUT2D eigenvalue weighted by atomic mass is 16.5. The third-order valence-electron chi connectivity index (χ3n) is 3.11. The molecule has 2 N–H and O–H groups in total. The van der Waals surface area contributed by atoms with Gasteiger partial charge in [0.1, 0.15) is 17.3 Å². The minimum Gasteiger partial charge on any atom is -0.508 e. The number of phenols is 1. The Balaban J connectivity index is 2.02. The number of carbonyl (C=O) groups is 1. The van der Waals surface area contributed by atoms with Gasteiger partial charge in [-0.3, -0.25) is 4.79 Å². The summed E-state index contributed by atoms with van der Waals surface area (Å²) in [4.78, 5) is 11.7. The molecule has 1 heterocycles. The topological polar surface area (TPSA) is 79.9 Å². The molecule has 5 heteroatoms. The van der Waals surface area contributed by atoms with Gasteiger partial charge in [0.15, 0.2) is 17.3 Å². The number of furan rings is 1. The number of rotatable bonds is 6. The van der Waals surface area contributed by atoms with E-state index in [1.54, 1.807) is 30.3 Å². The second kappa shape index (κ2) is 7.87. The molecule has 124 valence electrons. The first-order valence-corrected chi connectivity index (χ1v) is 7.22. The van der Waals surface area contributed by atoms with Crippen LogP contribution in [0.5, 0.6) is 11.5 Å². The van der Waals surface area contributed by atoms with Crippen molar-refractivity contribution in [1.82, 2.24) is 0 Å². The maximum Gasteiger partial charge on any atom is 0.182 e. The van der Waals surface area contributed by atoms with Gasteiger partial charge in [0.2, 0.25) is 0 Å². The van der Waals surface area contributed by atoms with Crippen molar-refractivity contribution < 1.29 is 24.2 Å². The number of methoxy groups -OCH3 is 1. The minimum atomic E-state index is -0.366. The second-order valence-corrected chi connectivity index (χ2v) is 5.02. The van der Waals surface area contributed by atoms with Crippen LogP contribution in [0.2, 0.25) is 0 Å². The summed E-state index contributed by atoms with van der Waals surface area (Å²) in [5, 5.41) is 19.3. The number of ketones is 1. The molecule has 0 saturated carbocycles. The van der Waals surface area contributed by atoms with E-state index in [1.165, 1.54) is 31.4 Å². The SMILES string of the molecule is COc1cc(/C=C/C(O)=C/C(=O)/C=C/c2ccc(C)o2)ccc1O. The number of hydrogen-bond acceptors (Lipinski definition) is 5. The van der Waals surface area contributed by atoms with Gasteiger partial charge in [-0.2, -0.15) is 0 Å². The van der Waals surface area contributed by atoms with E-state index in [2.05, 4.69) is 0 Å². The van der Waals surface area contributed by atoms with Gasteiger partial charge in [0.05, 0.1) is 7.11 Å². The normalized spacial score (nSPS) is 12.2. The van der Waals surface area contributed by atoms with Crippen molar-refractivity contribution in [2.75, 3.05) is 7.11 Å². The van der Waals surface area contributed by atoms with Gasteiger partial charge in [-0.1, -0.05) is 12.1 Å². The lowest BCUT2D eigenvalue weighted by atomic mass is 10.1. The summed E-state index contributed by atoms with van der Waals surface area (Å²) in [7, 11) is 1.45. The first kappa shape index (κ1) is 17.1. The molecule has 0 aliphatic rings. The highest BCUT2D eigenvalue weighted by Gasteiger charge is 2.01. The van der Waals surface area contributed by atoms with E-state index in [-0.39, 0.29) is 17.3 Å². The molecule has 1 aromatic carbocycles. The fourth-order valence-corrected chi connectivity index (χ4v) is 1.93. The Kier molecular flexibility index (Phi) is 5.63. The number of phenolic OH excluding ortho intramolecular Hbond substituents is 1. The molecule has 0 aliphatic carbocycles. The van der Waals surface area contributed by atoms with Crippen molar-refractivity contribution in [1.29, 1.82) is 0 Å². The number of aliphatic hydroxyl groups is 1. The molecule has 0 spiro atoms. The largest absolute Gasteiger partial charge is 0.508 e. The average molecular weight is 326 g/mol. The van der Waals surface area contributed by atoms with E-state index < -0.39 is 0 Å². The molecule has 0 unspecified atom stereocenters. The summed E-state index contributed by atoms with van der Waals surface area (Å²) >= 11 is 0. The molecular formula is C19H18O5. The van der Waals surface area contributed by atoms with Gasteiger partial charge in [0.25, 0.3) is 0 Å². The summed E-state index contributed by atoms with van der Waals surface area (Å²) in [5.74, 6) is 1.13. The molecule has 0 bridgehead atoms. The van der Waals surface area contributed by atoms with Crippen molar-refractivity contribution in [2.24, 2.45) is 0 Å². The van der Waals surface area contributed by atoms with E-state index in [1.807, 2.05) is 6.92 Å². The van der Waals surface area contributed by atoms with Crippen LogP contribution in [0.1, 0.15) is 17.1 Å². The van der Waals surface area contributed by atoms with Crippen LogP contribution in [-0.4, -0.2) is 23.1 Å². The fourth-order valence-electron chi connectivity index (χ4n) is 1.93. The third kappa shape index (κ3) is 4.91. The number of aromatic hydroxyl groups is 1. The van der Waals surface area contributed by atoms with Crippen molar-refractivity contribution in [3.05, 3.63) is 71.4 Å². The molecule has 0 aliphatic heterocycles. The highest BCUT2D eigenvalue weighted by Crippen LogP contribution is 2.26. The Labute approximate surface area is 139 Å². The molecule has 2 aromatic rings. The Hall–Kier alpha value is -3.21. The fraction of sp³-hybridized carbons (Fsp3) is 0.105. The van der Waals surface area contributed by atoms with E-state index in [4.69, 9.17) is 9.15 Å². The molecule has 0 atom stereocenters. The van der Waals surface area contributed by atoms with Crippen LogP contribution in [0.4, 0.5) is 0 Å². The Morgan fingerprint density at radius 1 is 1.17 bits per heavy atom. The zero-order chi connectivity index (χ0) is 17.5. The monoisotopic (exact) mass is 326 g/mol. The standard InChI is InChI=1S/C19H18O5/c1-13-3-8-17(24-13)9-7-16(21)12-15(20)6-4-14-5-10-18(22)19(11-14)23-2/h3-12,20,22H,1-2H3/b6-4+,9-7+,15-12-. The van der Waals surface area contributed by atoms with E-state index in [0.717, 1.165) is 11.8 Å². The van der Waals surface area contributed by atoms with Gasteiger partial charge < -0.3 is 19.4 Å². The molecule has 24 heavy (non-hydrogen) atoms. The van der Waals surface area contributed by atoms with E-state index in [0.29, 0.717) is 17.1 Å². The van der Waals surface area contributed by atoms with Crippen LogP contribution < -0.4 is 4.74 Å². The van der Waals surface area contributed by atoms with Crippen molar-refractivity contribution in [2.45, 2.75) is 6.92 Å². The predicted molar refractivity (Wildman–Crippen MR) is 91.9 cm³/mol. The molecule has 5 nitrogen and oxygen atoms in total. The zero-order valence-corrected chi connectivity index (χ0v) is 13.4. The van der Waals surface area contributed by atoms with Crippen LogP contribution in [-0.2, 0) is 4.79 Å². The van der Waals surface area contributed by atoms with Crippen LogP contribution >= 0.6 is 0 Å². The smallest absolute Gasteiger partial charge is 0.182 e. The van der Waals surface area contributed by atoms with Crippen LogP contribution in [0, 0.1) is 6.92 Å². The van der Waals surface area contributed by atoms with Crippen LogP contribution in [0.3, 0.4) is 0 Å². The van der Waals surface area contributed by atoms with Crippen molar-refractivity contribution in [3.63, 3.8) is 0 Å². The lowest BCUT2D eigenvalue weighted by Gasteiger charge is -2.03. The molecular weight excluding hydrogens is 308 g/mol. The number of ether oxygens (including phenoxy) is 1. The van der Waals surface area contributed by atoms with Gasteiger partial charge in [-0.25, -0.2) is 0 Å². The molecule has 0 fully saturated rings. The molecule has 0 saturated heterocycles. The summed E-state index contributed by atoms with van der Waals surface area (Å²) in [6.45, 7) is 1.81. The van der Waals surface area contributed by atoms with Crippen molar-refractivity contribution >= 4 is 17.9 Å². The lowest BCUT2D eigenvalue weighted by molar-refractivity contribution is -0.110. The Morgan fingerprint density at radius 3 is 2.62 bits per heavy atom. The molecule has 2 rings (SSSR count). The molecule has 0 radical (unpaired) electrons. The zero-order valence-electron chi connectivity index (χ0n) is 13.4. The Morgan fingerprint density at radius 2 is 1.96 bits per heavy atom. The van der Waals surface area contributed by atoms with E-state index in [9.17, 15) is 15.0 Å². The maximum atomic E-state index is 11.7. The van der Waals surface area contributed by atoms with Gasteiger partial charge in [-0.15, -0.1) is 0 Å².